The molecule has 0 saturated carbocycles. The van der Waals surface area contributed by atoms with Gasteiger partial charge >= 0.3 is 0 Å². The van der Waals surface area contributed by atoms with E-state index < -0.39 is 0 Å². The minimum Gasteiger partial charge on any atom is -0.360 e. The van der Waals surface area contributed by atoms with Gasteiger partial charge in [-0.05, 0) is 31.2 Å². The summed E-state index contributed by atoms with van der Waals surface area (Å²) in [7, 11) is 0. The van der Waals surface area contributed by atoms with Gasteiger partial charge in [-0.15, -0.1) is 0 Å². The van der Waals surface area contributed by atoms with Crippen LogP contribution in [0.15, 0.2) is 41.4 Å². The first-order chi connectivity index (χ1) is 6.72. The summed E-state index contributed by atoms with van der Waals surface area (Å²) in [6.07, 6.45) is 0. The predicted molar refractivity (Wildman–Crippen MR) is 63.2 cm³/mol. The molecule has 78 valence electrons. The monoisotopic (exact) mass is 213 g/mol. The van der Waals surface area contributed by atoms with E-state index in [0.29, 0.717) is 4.90 Å². The van der Waals surface area contributed by atoms with Crippen LogP contribution in [-0.4, -0.2) is 0 Å². The molecular weight excluding hydrogens is 197 g/mol. The van der Waals surface area contributed by atoms with Crippen LogP contribution in [0.25, 0.3) is 0 Å². The lowest BCUT2D eigenvalue weighted by Gasteiger charge is -2.04. The lowest BCUT2D eigenvalue weighted by Crippen LogP contribution is -1.92. The first-order valence-electron chi connectivity index (χ1n) is 4.53. The molecule has 0 saturated heterocycles. The maximum absolute atomic E-state index is 12.0. The third kappa shape index (κ3) is 4.92. The second-order valence-electron chi connectivity index (χ2n) is 2.51. The van der Waals surface area contributed by atoms with Gasteiger partial charge in [0.2, 0.25) is 0 Å². The molecule has 0 radical (unpaired) electrons. The highest BCUT2D eigenvalue weighted by atomic mass is 32.2. The van der Waals surface area contributed by atoms with Crippen LogP contribution >= 0.6 is 12.1 Å². The number of anilines is 1. The zero-order valence-corrected chi connectivity index (χ0v) is 9.62. The van der Waals surface area contributed by atoms with Crippen LogP contribution in [0.5, 0.6) is 0 Å². The van der Waals surface area contributed by atoms with Crippen LogP contribution in [0, 0.1) is 0 Å². The van der Waals surface area contributed by atoms with Crippen molar-refractivity contribution in [2.24, 2.45) is 0 Å². The van der Waals surface area contributed by atoms with E-state index in [4.69, 9.17) is 0 Å². The first-order valence-corrected chi connectivity index (χ1v) is 5.25. The minimum absolute atomic E-state index is 0.246. The summed E-state index contributed by atoms with van der Waals surface area (Å²) in [5, 5.41) is 3.03. The van der Waals surface area contributed by atoms with Gasteiger partial charge in [-0.2, -0.15) is 3.89 Å². The summed E-state index contributed by atoms with van der Waals surface area (Å²) in [5.41, 5.74) is 1.80. The lowest BCUT2D eigenvalue weighted by atomic mass is 10.3. The molecule has 0 aliphatic carbocycles. The largest absolute Gasteiger partial charge is 0.360 e. The topological polar surface area (TPSA) is 12.0 Å². The molecule has 0 bridgehead atoms. The van der Waals surface area contributed by atoms with Gasteiger partial charge in [-0.1, -0.05) is 20.4 Å². The molecule has 0 atom stereocenters. The highest BCUT2D eigenvalue weighted by Crippen LogP contribution is 2.20. The molecule has 1 nitrogen and oxygen atoms in total. The van der Waals surface area contributed by atoms with Gasteiger partial charge in [0, 0.05) is 16.3 Å². The minimum atomic E-state index is 0.246. The van der Waals surface area contributed by atoms with Crippen molar-refractivity contribution in [2.75, 3.05) is 5.32 Å². The standard InChI is InChI=1S/C9H10FNS.C2H6/c1-7(2)11-8-3-5-9(12-10)6-4-8;1-2/h3-6,11H,1H2,2H3;1-2H3. The lowest BCUT2D eigenvalue weighted by molar-refractivity contribution is 0.934. The Hall–Kier alpha value is -0.960. The molecule has 0 unspecified atom stereocenters. The molecule has 1 aromatic rings. The van der Waals surface area contributed by atoms with Crippen LogP contribution in [0.1, 0.15) is 20.8 Å². The normalized spacial score (nSPS) is 8.57. The summed E-state index contributed by atoms with van der Waals surface area (Å²) >= 11 is 0.246. The fraction of sp³-hybridized carbons (Fsp3) is 0.273. The summed E-state index contributed by atoms with van der Waals surface area (Å²) < 4.78 is 12.0. The van der Waals surface area contributed by atoms with E-state index in [1.807, 2.05) is 32.9 Å². The molecular formula is C11H16FNS. The molecule has 0 spiro atoms. The Bertz CT molecular complexity index is 269. The van der Waals surface area contributed by atoms with E-state index in [-0.39, 0.29) is 12.1 Å². The zero-order valence-electron chi connectivity index (χ0n) is 8.80. The Morgan fingerprint density at radius 3 is 2.14 bits per heavy atom. The summed E-state index contributed by atoms with van der Waals surface area (Å²) in [6, 6.07) is 7.07. The van der Waals surface area contributed by atoms with E-state index in [2.05, 4.69) is 11.9 Å². The Kier molecular flexibility index (Phi) is 6.93. The molecule has 1 aromatic carbocycles. The van der Waals surface area contributed by atoms with Crippen molar-refractivity contribution in [1.29, 1.82) is 0 Å². The Balaban J connectivity index is 0.000000791. The molecule has 0 aliphatic rings. The van der Waals surface area contributed by atoms with Gasteiger partial charge in [-0.3, -0.25) is 0 Å². The SMILES string of the molecule is C=C(C)Nc1ccc(SF)cc1.CC. The third-order valence-electron chi connectivity index (χ3n) is 1.30. The third-order valence-corrected chi connectivity index (χ3v) is 1.75. The van der Waals surface area contributed by atoms with Crippen molar-refractivity contribution in [1.82, 2.24) is 0 Å². The molecule has 0 heterocycles. The van der Waals surface area contributed by atoms with Crippen LogP contribution in [0.4, 0.5) is 9.57 Å². The van der Waals surface area contributed by atoms with E-state index in [1.54, 1.807) is 12.1 Å². The number of hydrogen-bond acceptors (Lipinski definition) is 2. The highest BCUT2D eigenvalue weighted by molar-refractivity contribution is 7.94. The Morgan fingerprint density at radius 1 is 1.29 bits per heavy atom. The van der Waals surface area contributed by atoms with Crippen molar-refractivity contribution >= 4 is 17.8 Å². The van der Waals surface area contributed by atoms with E-state index >= 15 is 0 Å². The number of allylic oxidation sites excluding steroid dienone is 1. The highest BCUT2D eigenvalue weighted by Gasteiger charge is 1.93. The van der Waals surface area contributed by atoms with E-state index in [1.165, 1.54) is 0 Å². The second kappa shape index (κ2) is 7.44. The first kappa shape index (κ1) is 13.0. The van der Waals surface area contributed by atoms with E-state index in [0.717, 1.165) is 11.4 Å². The number of halogens is 1. The zero-order chi connectivity index (χ0) is 11.0. The van der Waals surface area contributed by atoms with Gasteiger partial charge in [0.25, 0.3) is 0 Å². The molecule has 14 heavy (non-hydrogen) atoms. The van der Waals surface area contributed by atoms with Crippen LogP contribution < -0.4 is 5.32 Å². The Labute approximate surface area is 89.7 Å². The van der Waals surface area contributed by atoms with E-state index in [9.17, 15) is 3.89 Å². The van der Waals surface area contributed by atoms with Crippen LogP contribution in [-0.2, 0) is 0 Å². The summed E-state index contributed by atoms with van der Waals surface area (Å²) in [6.45, 7) is 9.58. The second-order valence-corrected chi connectivity index (χ2v) is 3.13. The molecule has 0 amide bonds. The van der Waals surface area contributed by atoms with Gasteiger partial charge in [0.15, 0.2) is 0 Å². The smallest absolute Gasteiger partial charge is 0.0812 e. The number of benzene rings is 1. The molecule has 0 aliphatic heterocycles. The average Bonchev–Trinajstić information content (AvgIpc) is 2.21. The molecule has 1 N–H and O–H groups in total. The molecule has 1 rings (SSSR count). The number of nitrogens with one attached hydrogen (secondary N) is 1. The van der Waals surface area contributed by atoms with Gasteiger partial charge in [-0.25, -0.2) is 0 Å². The number of rotatable bonds is 3. The van der Waals surface area contributed by atoms with Gasteiger partial charge in [0.1, 0.15) is 0 Å². The van der Waals surface area contributed by atoms with Crippen molar-refractivity contribution < 1.29 is 3.89 Å². The fourth-order valence-corrected chi connectivity index (χ4v) is 1.08. The fourth-order valence-electron chi connectivity index (χ4n) is 0.836. The molecule has 0 aromatic heterocycles. The Morgan fingerprint density at radius 2 is 1.79 bits per heavy atom. The predicted octanol–water partition coefficient (Wildman–Crippen LogP) is 4.63. The molecule has 0 fully saturated rings. The summed E-state index contributed by atoms with van der Waals surface area (Å²) in [5.74, 6) is 0. The van der Waals surface area contributed by atoms with Crippen molar-refractivity contribution in [2.45, 2.75) is 25.7 Å². The van der Waals surface area contributed by atoms with Crippen molar-refractivity contribution in [3.8, 4) is 0 Å². The van der Waals surface area contributed by atoms with Crippen LogP contribution in [0.2, 0.25) is 0 Å². The van der Waals surface area contributed by atoms with Gasteiger partial charge in [0.05, 0.1) is 12.1 Å². The molecule has 3 heteroatoms. The average molecular weight is 213 g/mol. The maximum Gasteiger partial charge on any atom is 0.0812 e. The summed E-state index contributed by atoms with van der Waals surface area (Å²) in [4.78, 5) is 0.613. The maximum atomic E-state index is 12.0. The number of hydrogen-bond donors (Lipinski definition) is 1. The van der Waals surface area contributed by atoms with Gasteiger partial charge < -0.3 is 5.32 Å². The van der Waals surface area contributed by atoms with Crippen molar-refractivity contribution in [3.63, 3.8) is 0 Å². The quantitative estimate of drug-likeness (QED) is 0.785. The van der Waals surface area contributed by atoms with Crippen molar-refractivity contribution in [3.05, 3.63) is 36.5 Å². The van der Waals surface area contributed by atoms with Crippen LogP contribution in [0.3, 0.4) is 0 Å².